The molecule has 0 fully saturated rings. The van der Waals surface area contributed by atoms with Gasteiger partial charge in [-0.25, -0.2) is 0 Å². The zero-order valence-corrected chi connectivity index (χ0v) is 8.49. The molecule has 0 aliphatic rings. The minimum Gasteiger partial charge on any atom is -0.363 e. The van der Waals surface area contributed by atoms with Crippen molar-refractivity contribution in [2.75, 3.05) is 11.4 Å². The lowest BCUT2D eigenvalue weighted by Gasteiger charge is -2.32. The van der Waals surface area contributed by atoms with E-state index in [9.17, 15) is 0 Å². The number of rotatable bonds is 4. The fourth-order valence-electron chi connectivity index (χ4n) is 1.56. The fraction of sp³-hybridized carbons (Fsp3) is 0.667. The summed E-state index contributed by atoms with van der Waals surface area (Å²) in [5, 5.41) is 6.75. The van der Waals surface area contributed by atoms with Gasteiger partial charge in [-0.05, 0) is 20.8 Å². The minimum absolute atomic E-state index is 0.345. The summed E-state index contributed by atoms with van der Waals surface area (Å²) < 4.78 is 0. The molecule has 1 aromatic rings. The highest BCUT2D eigenvalue weighted by molar-refractivity contribution is 5.44. The Morgan fingerprint density at radius 3 is 2.62 bits per heavy atom. The van der Waals surface area contributed by atoms with Crippen LogP contribution in [0.3, 0.4) is 0 Å². The lowest BCUT2D eigenvalue weighted by atomic mass is 10.2. The Morgan fingerprint density at radius 1 is 1.54 bits per heavy atom. The van der Waals surface area contributed by atoms with E-state index in [2.05, 4.69) is 35.9 Å². The number of hydrogen-bond donors (Lipinski definition) is 2. The highest BCUT2D eigenvalue weighted by atomic mass is 15.2. The molecule has 1 heterocycles. The van der Waals surface area contributed by atoms with Gasteiger partial charge in [0.15, 0.2) is 0 Å². The second-order valence-electron chi connectivity index (χ2n) is 3.54. The number of nitrogens with one attached hydrogen (secondary N) is 1. The van der Waals surface area contributed by atoms with E-state index in [1.165, 1.54) is 0 Å². The fourth-order valence-corrected chi connectivity index (χ4v) is 1.56. The molecular formula is C9H18N4. The first-order valence-electron chi connectivity index (χ1n) is 4.64. The molecule has 1 unspecified atom stereocenters. The van der Waals surface area contributed by atoms with E-state index in [1.54, 1.807) is 0 Å². The Morgan fingerprint density at radius 2 is 2.23 bits per heavy atom. The third-order valence-electron chi connectivity index (χ3n) is 2.15. The molecule has 0 radical (unpaired) electrons. The van der Waals surface area contributed by atoms with Gasteiger partial charge in [0.05, 0.1) is 11.9 Å². The van der Waals surface area contributed by atoms with E-state index >= 15 is 0 Å². The van der Waals surface area contributed by atoms with Crippen molar-refractivity contribution in [2.45, 2.75) is 32.9 Å². The monoisotopic (exact) mass is 182 g/mol. The van der Waals surface area contributed by atoms with Gasteiger partial charge in [-0.2, -0.15) is 5.10 Å². The highest BCUT2D eigenvalue weighted by Gasteiger charge is 2.16. The number of hydrogen-bond acceptors (Lipinski definition) is 3. The predicted octanol–water partition coefficient (Wildman–Crippen LogP) is 0.972. The number of aromatic nitrogens is 2. The van der Waals surface area contributed by atoms with Crippen molar-refractivity contribution >= 4 is 5.69 Å². The summed E-state index contributed by atoms with van der Waals surface area (Å²) in [4.78, 5) is 2.25. The van der Waals surface area contributed by atoms with Crippen molar-refractivity contribution in [1.29, 1.82) is 0 Å². The van der Waals surface area contributed by atoms with Crippen molar-refractivity contribution in [1.82, 2.24) is 10.2 Å². The second-order valence-corrected chi connectivity index (χ2v) is 3.54. The minimum atomic E-state index is 0.345. The van der Waals surface area contributed by atoms with Crippen LogP contribution in [-0.2, 0) is 0 Å². The predicted molar refractivity (Wildman–Crippen MR) is 54.7 cm³/mol. The maximum atomic E-state index is 5.64. The number of H-pyrrole nitrogens is 1. The molecule has 4 heteroatoms. The summed E-state index contributed by atoms with van der Waals surface area (Å²) in [6.45, 7) is 7.08. The molecule has 0 aliphatic carbocycles. The summed E-state index contributed by atoms with van der Waals surface area (Å²) in [6, 6.07) is 0.786. The van der Waals surface area contributed by atoms with Crippen molar-refractivity contribution < 1.29 is 0 Å². The van der Waals surface area contributed by atoms with Gasteiger partial charge in [-0.1, -0.05) is 0 Å². The van der Waals surface area contributed by atoms with Gasteiger partial charge in [0, 0.05) is 24.8 Å². The molecule has 0 aliphatic heterocycles. The summed E-state index contributed by atoms with van der Waals surface area (Å²) >= 11 is 0. The number of nitrogens with two attached hydrogens (primary N) is 1. The lowest BCUT2D eigenvalue weighted by Crippen LogP contribution is -2.42. The van der Waals surface area contributed by atoms with Gasteiger partial charge in [0.1, 0.15) is 0 Å². The first-order chi connectivity index (χ1) is 6.16. The Labute approximate surface area is 79.1 Å². The molecule has 4 nitrogen and oxygen atoms in total. The van der Waals surface area contributed by atoms with E-state index < -0.39 is 0 Å². The van der Waals surface area contributed by atoms with Gasteiger partial charge in [0.2, 0.25) is 0 Å². The molecule has 3 N–H and O–H groups in total. The Kier molecular flexibility index (Phi) is 3.31. The average molecular weight is 182 g/mol. The normalized spacial score (nSPS) is 13.3. The maximum absolute atomic E-state index is 5.64. The molecule has 1 rings (SSSR count). The molecule has 0 spiro atoms. The van der Waals surface area contributed by atoms with Gasteiger partial charge in [0.25, 0.3) is 0 Å². The molecular weight excluding hydrogens is 164 g/mol. The van der Waals surface area contributed by atoms with Crippen LogP contribution in [0, 0.1) is 0 Å². The van der Waals surface area contributed by atoms with Gasteiger partial charge >= 0.3 is 0 Å². The summed E-state index contributed by atoms with van der Waals surface area (Å²) in [7, 11) is 0. The molecule has 74 valence electrons. The van der Waals surface area contributed by atoms with E-state index in [0.29, 0.717) is 18.6 Å². The quantitative estimate of drug-likeness (QED) is 0.729. The summed E-state index contributed by atoms with van der Waals surface area (Å²) in [5.74, 6) is 0. The van der Waals surface area contributed by atoms with Crippen molar-refractivity contribution in [3.63, 3.8) is 0 Å². The van der Waals surface area contributed by atoms with Crippen LogP contribution in [0.15, 0.2) is 12.4 Å². The zero-order valence-electron chi connectivity index (χ0n) is 8.49. The van der Waals surface area contributed by atoms with E-state index in [1.807, 2.05) is 12.4 Å². The molecule has 0 saturated heterocycles. The summed E-state index contributed by atoms with van der Waals surface area (Å²) in [6.07, 6.45) is 3.72. The van der Waals surface area contributed by atoms with Crippen molar-refractivity contribution in [3.05, 3.63) is 12.4 Å². The molecule has 0 amide bonds. The third-order valence-corrected chi connectivity index (χ3v) is 2.15. The number of nitrogens with zero attached hydrogens (tertiary/aromatic N) is 2. The maximum Gasteiger partial charge on any atom is 0.0754 e. The largest absolute Gasteiger partial charge is 0.363 e. The van der Waals surface area contributed by atoms with Gasteiger partial charge < -0.3 is 10.6 Å². The van der Waals surface area contributed by atoms with Crippen LogP contribution < -0.4 is 10.6 Å². The summed E-state index contributed by atoms with van der Waals surface area (Å²) in [5.41, 5.74) is 6.75. The number of anilines is 1. The topological polar surface area (TPSA) is 57.9 Å². The lowest BCUT2D eigenvalue weighted by molar-refractivity contribution is 0.581. The van der Waals surface area contributed by atoms with Crippen LogP contribution in [0.1, 0.15) is 20.8 Å². The van der Waals surface area contributed by atoms with Crippen molar-refractivity contribution in [3.8, 4) is 0 Å². The first kappa shape index (κ1) is 10.1. The van der Waals surface area contributed by atoms with Crippen LogP contribution in [0.25, 0.3) is 0 Å². The highest BCUT2D eigenvalue weighted by Crippen LogP contribution is 2.17. The van der Waals surface area contributed by atoms with Crippen LogP contribution in [0.5, 0.6) is 0 Å². The zero-order chi connectivity index (χ0) is 9.84. The molecule has 1 aromatic heterocycles. The third kappa shape index (κ3) is 2.21. The van der Waals surface area contributed by atoms with E-state index in [0.717, 1.165) is 5.69 Å². The van der Waals surface area contributed by atoms with Gasteiger partial charge in [-0.15, -0.1) is 0 Å². The molecule has 0 bridgehead atoms. The first-order valence-corrected chi connectivity index (χ1v) is 4.64. The molecule has 0 aromatic carbocycles. The second kappa shape index (κ2) is 4.28. The molecule has 1 atom stereocenters. The van der Waals surface area contributed by atoms with Crippen LogP contribution in [0.2, 0.25) is 0 Å². The Bertz CT molecular complexity index is 230. The van der Waals surface area contributed by atoms with Crippen LogP contribution in [-0.4, -0.2) is 28.8 Å². The molecule has 0 saturated carbocycles. The average Bonchev–Trinajstić information content (AvgIpc) is 2.56. The standard InChI is InChI=1S/C9H18N4/c1-7(2)13(8(3)4-10)9-5-11-12-6-9/h5-8H,4,10H2,1-3H3,(H,11,12). The number of aromatic amines is 1. The molecule has 13 heavy (non-hydrogen) atoms. The smallest absolute Gasteiger partial charge is 0.0754 e. The SMILES string of the molecule is CC(C)N(c1cn[nH]c1)C(C)CN. The van der Waals surface area contributed by atoms with E-state index in [4.69, 9.17) is 5.73 Å². The van der Waals surface area contributed by atoms with Crippen LogP contribution >= 0.6 is 0 Å². The Balaban J connectivity index is 2.80. The van der Waals surface area contributed by atoms with Crippen molar-refractivity contribution in [2.24, 2.45) is 5.73 Å². The Hall–Kier alpha value is -1.03. The van der Waals surface area contributed by atoms with E-state index in [-0.39, 0.29) is 0 Å². The van der Waals surface area contributed by atoms with Crippen LogP contribution in [0.4, 0.5) is 5.69 Å². The van der Waals surface area contributed by atoms with Gasteiger partial charge in [-0.3, -0.25) is 5.10 Å².